The molecule has 1 aliphatic heterocycles. The third-order valence-corrected chi connectivity index (χ3v) is 5.04. The maximum absolute atomic E-state index is 12.5. The minimum Gasteiger partial charge on any atom is -0.342 e. The fourth-order valence-corrected chi connectivity index (χ4v) is 3.53. The van der Waals surface area contributed by atoms with Gasteiger partial charge in [0.2, 0.25) is 11.1 Å². The number of nitrogens with zero attached hydrogens (tertiary/aromatic N) is 3. The molecule has 23 heavy (non-hydrogen) atoms. The fraction of sp³-hybridized carbons (Fsp3) is 0.471. The van der Waals surface area contributed by atoms with Crippen LogP contribution >= 0.6 is 11.8 Å². The van der Waals surface area contributed by atoms with Crippen molar-refractivity contribution in [3.8, 4) is 11.4 Å². The predicted molar refractivity (Wildman–Crippen MR) is 92.3 cm³/mol. The molecule has 1 amide bonds. The number of rotatable bonds is 4. The van der Waals surface area contributed by atoms with Crippen molar-refractivity contribution < 1.29 is 4.79 Å². The molecule has 0 spiro atoms. The number of likely N-dealkylation sites (tertiary alicyclic amines) is 1. The van der Waals surface area contributed by atoms with Crippen molar-refractivity contribution in [2.75, 3.05) is 13.1 Å². The minimum absolute atomic E-state index is 0.158. The zero-order chi connectivity index (χ0) is 16.2. The molecule has 1 aromatic heterocycles. The summed E-state index contributed by atoms with van der Waals surface area (Å²) in [4.78, 5) is 18.9. The van der Waals surface area contributed by atoms with Gasteiger partial charge in [0.25, 0.3) is 0 Å². The normalized spacial score (nSPS) is 16.3. The minimum atomic E-state index is -0.158. The predicted octanol–water partition coefficient (Wildman–Crippen LogP) is 3.27. The summed E-state index contributed by atoms with van der Waals surface area (Å²) in [6.07, 6.45) is 3.45. The number of aromatic amines is 1. The summed E-state index contributed by atoms with van der Waals surface area (Å²) in [6, 6.07) is 8.14. The van der Waals surface area contributed by atoms with Crippen molar-refractivity contribution in [1.82, 2.24) is 20.1 Å². The smallest absolute Gasteiger partial charge is 0.235 e. The summed E-state index contributed by atoms with van der Waals surface area (Å²) in [5, 5.41) is 7.66. The van der Waals surface area contributed by atoms with Gasteiger partial charge in [0.15, 0.2) is 5.82 Å². The van der Waals surface area contributed by atoms with Crippen molar-refractivity contribution >= 4 is 17.7 Å². The Hall–Kier alpha value is -1.82. The van der Waals surface area contributed by atoms with Gasteiger partial charge in [-0.15, -0.1) is 5.10 Å². The van der Waals surface area contributed by atoms with Gasteiger partial charge in [0.1, 0.15) is 0 Å². The van der Waals surface area contributed by atoms with Crippen LogP contribution in [0.1, 0.15) is 31.7 Å². The molecule has 122 valence electrons. The summed E-state index contributed by atoms with van der Waals surface area (Å²) in [5.41, 5.74) is 2.22. The Labute approximate surface area is 140 Å². The van der Waals surface area contributed by atoms with Crippen molar-refractivity contribution in [2.45, 2.75) is 43.5 Å². The van der Waals surface area contributed by atoms with E-state index in [1.165, 1.54) is 23.7 Å². The monoisotopic (exact) mass is 330 g/mol. The summed E-state index contributed by atoms with van der Waals surface area (Å²) >= 11 is 1.42. The lowest BCUT2D eigenvalue weighted by Crippen LogP contribution is -2.40. The molecule has 1 N–H and O–H groups in total. The molecule has 1 fully saturated rings. The van der Waals surface area contributed by atoms with Gasteiger partial charge in [0, 0.05) is 18.7 Å². The number of amides is 1. The van der Waals surface area contributed by atoms with E-state index in [9.17, 15) is 4.79 Å². The summed E-state index contributed by atoms with van der Waals surface area (Å²) < 4.78 is 0. The number of hydrogen-bond acceptors (Lipinski definition) is 4. The van der Waals surface area contributed by atoms with E-state index in [-0.39, 0.29) is 11.2 Å². The van der Waals surface area contributed by atoms with E-state index in [4.69, 9.17) is 0 Å². The second kappa shape index (κ2) is 7.17. The van der Waals surface area contributed by atoms with Crippen LogP contribution in [-0.2, 0) is 4.79 Å². The van der Waals surface area contributed by atoms with Crippen LogP contribution in [0.3, 0.4) is 0 Å². The SMILES string of the molecule is Cc1ccc(-c2nc(S[C@H](C)C(=O)N3CCCCC3)n[nH]2)cc1. The molecule has 2 aromatic rings. The molecule has 0 bridgehead atoms. The number of piperidine rings is 1. The van der Waals surface area contributed by atoms with Gasteiger partial charge in [0.05, 0.1) is 5.25 Å². The zero-order valence-corrected chi connectivity index (χ0v) is 14.4. The quantitative estimate of drug-likeness (QED) is 0.874. The number of carbonyl (C=O) groups excluding carboxylic acids is 1. The Morgan fingerprint density at radius 1 is 1.22 bits per heavy atom. The summed E-state index contributed by atoms with van der Waals surface area (Å²) in [5.74, 6) is 0.932. The number of hydrogen-bond donors (Lipinski definition) is 1. The van der Waals surface area contributed by atoms with Gasteiger partial charge in [-0.1, -0.05) is 41.6 Å². The van der Waals surface area contributed by atoms with E-state index in [1.54, 1.807) is 0 Å². The van der Waals surface area contributed by atoms with Crippen LogP contribution in [0.15, 0.2) is 29.4 Å². The average Bonchev–Trinajstić information content (AvgIpc) is 3.04. The van der Waals surface area contributed by atoms with Gasteiger partial charge in [-0.05, 0) is 33.1 Å². The van der Waals surface area contributed by atoms with E-state index in [1.807, 2.05) is 36.1 Å². The molecule has 0 aliphatic carbocycles. The van der Waals surface area contributed by atoms with Gasteiger partial charge >= 0.3 is 0 Å². The lowest BCUT2D eigenvalue weighted by atomic mass is 10.1. The van der Waals surface area contributed by atoms with E-state index >= 15 is 0 Å². The highest BCUT2D eigenvalue weighted by molar-refractivity contribution is 8.00. The number of carbonyl (C=O) groups is 1. The molecule has 6 heteroatoms. The molecular formula is C17H22N4OS. The third kappa shape index (κ3) is 3.93. The topological polar surface area (TPSA) is 61.9 Å². The van der Waals surface area contributed by atoms with Crippen molar-refractivity contribution in [1.29, 1.82) is 0 Å². The van der Waals surface area contributed by atoms with E-state index in [0.717, 1.165) is 37.3 Å². The van der Waals surface area contributed by atoms with Crippen LogP contribution in [-0.4, -0.2) is 44.3 Å². The first-order chi connectivity index (χ1) is 11.1. The molecule has 5 nitrogen and oxygen atoms in total. The highest BCUT2D eigenvalue weighted by atomic mass is 32.2. The Kier molecular flexibility index (Phi) is 5.00. The van der Waals surface area contributed by atoms with Crippen LogP contribution in [0.2, 0.25) is 0 Å². The number of H-pyrrole nitrogens is 1. The Morgan fingerprint density at radius 2 is 1.91 bits per heavy atom. The number of nitrogens with one attached hydrogen (secondary N) is 1. The molecule has 0 unspecified atom stereocenters. The third-order valence-electron chi connectivity index (χ3n) is 4.09. The van der Waals surface area contributed by atoms with Crippen molar-refractivity contribution in [2.24, 2.45) is 0 Å². The molecule has 0 saturated carbocycles. The maximum atomic E-state index is 12.5. The van der Waals surface area contributed by atoms with Crippen molar-refractivity contribution in [3.05, 3.63) is 29.8 Å². The van der Waals surface area contributed by atoms with Crippen molar-refractivity contribution in [3.63, 3.8) is 0 Å². The highest BCUT2D eigenvalue weighted by Crippen LogP contribution is 2.24. The summed E-state index contributed by atoms with van der Waals surface area (Å²) in [7, 11) is 0. The Balaban J connectivity index is 1.64. The molecule has 3 rings (SSSR count). The number of aryl methyl sites for hydroxylation is 1. The second-order valence-corrected chi connectivity index (χ2v) is 7.29. The van der Waals surface area contributed by atoms with Crippen LogP contribution in [0, 0.1) is 6.92 Å². The van der Waals surface area contributed by atoms with Crippen LogP contribution in [0.5, 0.6) is 0 Å². The van der Waals surface area contributed by atoms with E-state index in [2.05, 4.69) is 22.1 Å². The van der Waals surface area contributed by atoms with Crippen LogP contribution in [0.25, 0.3) is 11.4 Å². The lowest BCUT2D eigenvalue weighted by molar-refractivity contribution is -0.131. The molecule has 1 aromatic carbocycles. The summed E-state index contributed by atoms with van der Waals surface area (Å²) in [6.45, 7) is 5.75. The zero-order valence-electron chi connectivity index (χ0n) is 13.6. The molecular weight excluding hydrogens is 308 g/mol. The number of benzene rings is 1. The number of aromatic nitrogens is 3. The number of thioether (sulfide) groups is 1. The van der Waals surface area contributed by atoms with Gasteiger partial charge < -0.3 is 4.90 Å². The second-order valence-electron chi connectivity index (χ2n) is 5.98. The largest absolute Gasteiger partial charge is 0.342 e. The first-order valence-electron chi connectivity index (χ1n) is 8.08. The van der Waals surface area contributed by atoms with Gasteiger partial charge in [-0.25, -0.2) is 4.98 Å². The molecule has 1 atom stereocenters. The van der Waals surface area contributed by atoms with E-state index in [0.29, 0.717) is 5.16 Å². The lowest BCUT2D eigenvalue weighted by Gasteiger charge is -2.28. The molecule has 0 radical (unpaired) electrons. The standard InChI is InChI=1S/C17H22N4OS/c1-12-6-8-14(9-7-12)15-18-17(20-19-15)23-13(2)16(22)21-10-4-3-5-11-21/h6-9,13H,3-5,10-11H2,1-2H3,(H,18,19,20)/t13-/m1/s1. The van der Waals surface area contributed by atoms with Gasteiger partial charge in [-0.2, -0.15) is 0 Å². The van der Waals surface area contributed by atoms with Crippen LogP contribution in [0.4, 0.5) is 0 Å². The first-order valence-corrected chi connectivity index (χ1v) is 8.96. The maximum Gasteiger partial charge on any atom is 0.235 e. The van der Waals surface area contributed by atoms with E-state index < -0.39 is 0 Å². The average molecular weight is 330 g/mol. The fourth-order valence-electron chi connectivity index (χ4n) is 2.72. The molecule has 2 heterocycles. The van der Waals surface area contributed by atoms with Gasteiger partial charge in [-0.3, -0.25) is 9.89 Å². The van der Waals surface area contributed by atoms with Crippen LogP contribution < -0.4 is 0 Å². The molecule has 1 aliphatic rings. The molecule has 1 saturated heterocycles. The Bertz CT molecular complexity index is 661. The highest BCUT2D eigenvalue weighted by Gasteiger charge is 2.24. The Morgan fingerprint density at radius 3 is 2.61 bits per heavy atom. The first kappa shape index (κ1) is 16.1.